The number of rotatable bonds is 3. The molecule has 1 aromatic rings. The highest BCUT2D eigenvalue weighted by Crippen LogP contribution is 2.31. The van der Waals surface area contributed by atoms with Crippen molar-refractivity contribution < 1.29 is 9.53 Å². The van der Waals surface area contributed by atoms with Crippen LogP contribution >= 0.6 is 0 Å². The van der Waals surface area contributed by atoms with Crippen LogP contribution in [0.3, 0.4) is 0 Å². The van der Waals surface area contributed by atoms with Gasteiger partial charge in [-0.3, -0.25) is 4.79 Å². The lowest BCUT2D eigenvalue weighted by atomic mass is 9.94. The first kappa shape index (κ1) is 11.1. The molecule has 1 aliphatic rings. The molecule has 16 heavy (non-hydrogen) atoms. The molecule has 84 valence electrons. The zero-order chi connectivity index (χ0) is 11.4. The molecular formula is C14H16O2. The standard InChI is InChI=1S/C14H16O2/c1-11(6-8-15)10-14-13-5-3-2-4-12(13)7-9-16-14/h2-6,8,14H,7,9-10H2,1H3/b11-6+. The second-order valence-corrected chi connectivity index (χ2v) is 4.16. The third-order valence-corrected chi connectivity index (χ3v) is 2.95. The van der Waals surface area contributed by atoms with Crippen LogP contribution in [0, 0.1) is 0 Å². The molecule has 1 aromatic carbocycles. The molecule has 0 spiro atoms. The topological polar surface area (TPSA) is 26.3 Å². The SMILES string of the molecule is C/C(=C\C=O)CC1OCCc2ccccc21. The van der Waals surface area contributed by atoms with E-state index in [1.54, 1.807) is 6.08 Å². The summed E-state index contributed by atoms with van der Waals surface area (Å²) in [6, 6.07) is 8.38. The molecule has 0 saturated carbocycles. The predicted octanol–water partition coefficient (Wildman–Crippen LogP) is 2.84. The van der Waals surface area contributed by atoms with Gasteiger partial charge in [0.25, 0.3) is 0 Å². The Morgan fingerprint density at radius 3 is 3.12 bits per heavy atom. The van der Waals surface area contributed by atoms with Gasteiger partial charge < -0.3 is 4.74 Å². The molecule has 0 bridgehead atoms. The minimum absolute atomic E-state index is 0.112. The Kier molecular flexibility index (Phi) is 3.52. The molecule has 0 radical (unpaired) electrons. The average molecular weight is 216 g/mol. The Hall–Kier alpha value is -1.41. The minimum atomic E-state index is 0.112. The van der Waals surface area contributed by atoms with Crippen molar-refractivity contribution in [3.05, 3.63) is 47.0 Å². The van der Waals surface area contributed by atoms with Gasteiger partial charge in [0.15, 0.2) is 0 Å². The van der Waals surface area contributed by atoms with Gasteiger partial charge in [-0.1, -0.05) is 29.8 Å². The molecule has 2 nitrogen and oxygen atoms in total. The maximum atomic E-state index is 10.4. The summed E-state index contributed by atoms with van der Waals surface area (Å²) in [4.78, 5) is 10.4. The van der Waals surface area contributed by atoms with Crippen LogP contribution in [-0.2, 0) is 16.0 Å². The molecule has 2 rings (SSSR count). The smallest absolute Gasteiger partial charge is 0.142 e. The van der Waals surface area contributed by atoms with E-state index in [1.807, 2.05) is 13.0 Å². The summed E-state index contributed by atoms with van der Waals surface area (Å²) in [5.74, 6) is 0. The van der Waals surface area contributed by atoms with E-state index in [0.717, 1.165) is 31.3 Å². The van der Waals surface area contributed by atoms with Gasteiger partial charge in [-0.15, -0.1) is 0 Å². The number of aldehydes is 1. The van der Waals surface area contributed by atoms with Gasteiger partial charge in [-0.05, 0) is 37.0 Å². The molecule has 0 fully saturated rings. The number of benzene rings is 1. The number of hydrogen-bond donors (Lipinski definition) is 0. The van der Waals surface area contributed by atoms with E-state index in [4.69, 9.17) is 4.74 Å². The van der Waals surface area contributed by atoms with Crippen molar-refractivity contribution in [1.29, 1.82) is 0 Å². The first-order chi connectivity index (χ1) is 7.81. The Bertz CT molecular complexity index is 407. The Labute approximate surface area is 95.9 Å². The van der Waals surface area contributed by atoms with Crippen LogP contribution < -0.4 is 0 Å². The molecule has 0 amide bonds. The predicted molar refractivity (Wildman–Crippen MR) is 63.3 cm³/mol. The maximum Gasteiger partial charge on any atom is 0.142 e. The lowest BCUT2D eigenvalue weighted by molar-refractivity contribution is -0.104. The average Bonchev–Trinajstić information content (AvgIpc) is 2.30. The maximum absolute atomic E-state index is 10.4. The molecule has 1 aliphatic heterocycles. The van der Waals surface area contributed by atoms with Crippen LogP contribution in [-0.4, -0.2) is 12.9 Å². The number of carbonyl (C=O) groups is 1. The lowest BCUT2D eigenvalue weighted by Crippen LogP contribution is -2.16. The van der Waals surface area contributed by atoms with Crippen molar-refractivity contribution in [2.75, 3.05) is 6.61 Å². The van der Waals surface area contributed by atoms with Crippen molar-refractivity contribution in [3.8, 4) is 0 Å². The molecule has 1 atom stereocenters. The van der Waals surface area contributed by atoms with Crippen LogP contribution in [0.4, 0.5) is 0 Å². The Morgan fingerprint density at radius 2 is 2.31 bits per heavy atom. The number of carbonyl (C=O) groups excluding carboxylic acids is 1. The summed E-state index contributed by atoms with van der Waals surface area (Å²) in [5.41, 5.74) is 3.71. The lowest BCUT2D eigenvalue weighted by Gasteiger charge is -2.26. The fourth-order valence-electron chi connectivity index (χ4n) is 2.12. The van der Waals surface area contributed by atoms with Gasteiger partial charge in [-0.2, -0.15) is 0 Å². The zero-order valence-electron chi connectivity index (χ0n) is 9.48. The van der Waals surface area contributed by atoms with Crippen molar-refractivity contribution in [2.24, 2.45) is 0 Å². The second-order valence-electron chi connectivity index (χ2n) is 4.16. The molecular weight excluding hydrogens is 200 g/mol. The van der Waals surface area contributed by atoms with Crippen LogP contribution in [0.15, 0.2) is 35.9 Å². The summed E-state index contributed by atoms with van der Waals surface area (Å²) >= 11 is 0. The van der Waals surface area contributed by atoms with E-state index in [2.05, 4.69) is 18.2 Å². The normalized spacial score (nSPS) is 20.3. The first-order valence-electron chi connectivity index (χ1n) is 5.61. The van der Waals surface area contributed by atoms with Gasteiger partial charge in [0.2, 0.25) is 0 Å². The van der Waals surface area contributed by atoms with Crippen LogP contribution in [0.5, 0.6) is 0 Å². The van der Waals surface area contributed by atoms with Crippen molar-refractivity contribution in [2.45, 2.75) is 25.9 Å². The third kappa shape index (κ3) is 2.39. The molecule has 1 unspecified atom stereocenters. The molecule has 0 aliphatic carbocycles. The summed E-state index contributed by atoms with van der Waals surface area (Å²) < 4.78 is 5.76. The third-order valence-electron chi connectivity index (χ3n) is 2.95. The first-order valence-corrected chi connectivity index (χ1v) is 5.61. The van der Waals surface area contributed by atoms with Gasteiger partial charge in [0, 0.05) is 0 Å². The van der Waals surface area contributed by atoms with E-state index >= 15 is 0 Å². The summed E-state index contributed by atoms with van der Waals surface area (Å²) in [7, 11) is 0. The highest BCUT2D eigenvalue weighted by Gasteiger charge is 2.20. The van der Waals surface area contributed by atoms with E-state index < -0.39 is 0 Å². The number of hydrogen-bond acceptors (Lipinski definition) is 2. The quantitative estimate of drug-likeness (QED) is 0.573. The van der Waals surface area contributed by atoms with Crippen LogP contribution in [0.2, 0.25) is 0 Å². The van der Waals surface area contributed by atoms with Gasteiger partial charge in [0.1, 0.15) is 6.29 Å². The van der Waals surface area contributed by atoms with E-state index in [1.165, 1.54) is 11.1 Å². The number of allylic oxidation sites excluding steroid dienone is 1. The fraction of sp³-hybridized carbons (Fsp3) is 0.357. The Morgan fingerprint density at radius 1 is 1.50 bits per heavy atom. The van der Waals surface area contributed by atoms with Crippen molar-refractivity contribution in [3.63, 3.8) is 0 Å². The molecule has 0 N–H and O–H groups in total. The highest BCUT2D eigenvalue weighted by atomic mass is 16.5. The zero-order valence-corrected chi connectivity index (χ0v) is 9.48. The Balaban J connectivity index is 2.19. The van der Waals surface area contributed by atoms with Gasteiger partial charge in [-0.25, -0.2) is 0 Å². The fourth-order valence-corrected chi connectivity index (χ4v) is 2.12. The number of ether oxygens (including phenoxy) is 1. The number of fused-ring (bicyclic) bond motifs is 1. The second kappa shape index (κ2) is 5.08. The molecule has 0 saturated heterocycles. The molecule has 1 heterocycles. The summed E-state index contributed by atoms with van der Waals surface area (Å²) in [6.45, 7) is 2.74. The summed E-state index contributed by atoms with van der Waals surface area (Å²) in [5, 5.41) is 0. The summed E-state index contributed by atoms with van der Waals surface area (Å²) in [6.07, 6.45) is 4.35. The molecule has 2 heteroatoms. The van der Waals surface area contributed by atoms with E-state index in [0.29, 0.717) is 0 Å². The van der Waals surface area contributed by atoms with E-state index in [9.17, 15) is 4.79 Å². The van der Waals surface area contributed by atoms with Gasteiger partial charge in [0.05, 0.1) is 12.7 Å². The monoisotopic (exact) mass is 216 g/mol. The van der Waals surface area contributed by atoms with Crippen molar-refractivity contribution in [1.82, 2.24) is 0 Å². The van der Waals surface area contributed by atoms with E-state index in [-0.39, 0.29) is 6.10 Å². The molecule has 0 aromatic heterocycles. The van der Waals surface area contributed by atoms with Crippen molar-refractivity contribution >= 4 is 6.29 Å². The van der Waals surface area contributed by atoms with Crippen LogP contribution in [0.1, 0.15) is 30.6 Å². The van der Waals surface area contributed by atoms with Gasteiger partial charge >= 0.3 is 0 Å². The van der Waals surface area contributed by atoms with Crippen LogP contribution in [0.25, 0.3) is 0 Å². The largest absolute Gasteiger partial charge is 0.373 e. The highest BCUT2D eigenvalue weighted by molar-refractivity contribution is 5.65. The minimum Gasteiger partial charge on any atom is -0.373 e.